The van der Waals surface area contributed by atoms with Gasteiger partial charge in [0.15, 0.2) is 0 Å². The van der Waals surface area contributed by atoms with E-state index in [0.717, 1.165) is 62.5 Å². The van der Waals surface area contributed by atoms with Crippen LogP contribution in [0.3, 0.4) is 0 Å². The lowest BCUT2D eigenvalue weighted by molar-refractivity contribution is -0.127. The largest absolute Gasteiger partial charge is 0.380 e. The topological polar surface area (TPSA) is 59.5 Å². The van der Waals surface area contributed by atoms with Crippen molar-refractivity contribution in [3.8, 4) is 0 Å². The van der Waals surface area contributed by atoms with Gasteiger partial charge < -0.3 is 19.7 Å². The Morgan fingerprint density at radius 2 is 1.95 bits per heavy atom. The number of hydrogen-bond acceptors (Lipinski definition) is 6. The lowest BCUT2D eigenvalue weighted by atomic mass is 9.77. The van der Waals surface area contributed by atoms with Crippen LogP contribution in [0.5, 0.6) is 0 Å². The average Bonchev–Trinajstić information content (AvgIpc) is 3.28. The Bertz CT molecular complexity index is 1370. The quantitative estimate of drug-likeness (QED) is 0.463. The van der Waals surface area contributed by atoms with Crippen LogP contribution in [0.25, 0.3) is 10.9 Å². The Kier molecular flexibility index (Phi) is 5.84. The summed E-state index contributed by atoms with van der Waals surface area (Å²) in [5.41, 5.74) is 4.51. The monoisotopic (exact) mass is 512 g/mol. The zero-order valence-corrected chi connectivity index (χ0v) is 21.3. The van der Waals surface area contributed by atoms with Gasteiger partial charge in [-0.15, -0.1) is 0 Å². The van der Waals surface area contributed by atoms with Crippen LogP contribution in [0.4, 0.5) is 24.7 Å². The maximum atomic E-state index is 15.3. The fourth-order valence-electron chi connectivity index (χ4n) is 6.07. The fourth-order valence-corrected chi connectivity index (χ4v) is 6.07. The Morgan fingerprint density at radius 1 is 1.19 bits per heavy atom. The highest BCUT2D eigenvalue weighted by molar-refractivity contribution is 5.96. The molecule has 2 aromatic carbocycles. The molecular formula is C28H31F3N4O2. The molecular weight excluding hydrogens is 481 g/mol. The molecule has 37 heavy (non-hydrogen) atoms. The van der Waals surface area contributed by atoms with E-state index in [0.29, 0.717) is 11.6 Å². The number of nitrogens with zero attached hydrogens (tertiary/aromatic N) is 3. The maximum Gasteiger partial charge on any atom is 0.298 e. The summed E-state index contributed by atoms with van der Waals surface area (Å²) >= 11 is 0. The summed E-state index contributed by atoms with van der Waals surface area (Å²) in [4.78, 5) is 11.9. The molecule has 3 aromatic rings. The van der Waals surface area contributed by atoms with E-state index < -0.39 is 30.0 Å². The van der Waals surface area contributed by atoms with Crippen LogP contribution >= 0.6 is 0 Å². The molecule has 3 aliphatic rings. The first-order valence-corrected chi connectivity index (χ1v) is 12.8. The summed E-state index contributed by atoms with van der Waals surface area (Å²) in [5, 5.41) is 4.19. The Morgan fingerprint density at radius 3 is 2.65 bits per heavy atom. The van der Waals surface area contributed by atoms with Crippen molar-refractivity contribution in [2.45, 2.75) is 45.1 Å². The minimum Gasteiger partial charge on any atom is -0.380 e. The van der Waals surface area contributed by atoms with E-state index >= 15 is 4.39 Å². The highest BCUT2D eigenvalue weighted by atomic mass is 19.3. The number of benzene rings is 2. The number of ether oxygens (including phenoxy) is 2. The lowest BCUT2D eigenvalue weighted by Crippen LogP contribution is -2.66. The molecule has 1 aliphatic carbocycles. The van der Waals surface area contributed by atoms with Crippen LogP contribution in [0, 0.1) is 18.2 Å². The third-order valence-electron chi connectivity index (χ3n) is 7.93. The van der Waals surface area contributed by atoms with Crippen LogP contribution in [0.2, 0.25) is 0 Å². The van der Waals surface area contributed by atoms with E-state index in [-0.39, 0.29) is 11.0 Å². The molecule has 6 nitrogen and oxygen atoms in total. The zero-order chi connectivity index (χ0) is 25.9. The molecule has 2 saturated heterocycles. The van der Waals surface area contributed by atoms with E-state index in [1.165, 1.54) is 36.1 Å². The minimum absolute atomic E-state index is 0.147. The van der Waals surface area contributed by atoms with Gasteiger partial charge in [0.2, 0.25) is 0 Å². The molecule has 1 N–H and O–H groups in total. The number of hydrogen-bond donors (Lipinski definition) is 1. The SMILES string of the molecule is COCC(F)(F)c1cccc(C(C)Nc2nc(C)nc3c4c(c(N5CC6(COC6)C5)cc23)CCC4)c1F. The van der Waals surface area contributed by atoms with Gasteiger partial charge >= 0.3 is 0 Å². The zero-order valence-electron chi connectivity index (χ0n) is 21.3. The number of alkyl halides is 2. The van der Waals surface area contributed by atoms with Crippen molar-refractivity contribution >= 4 is 22.4 Å². The molecule has 3 heterocycles. The molecule has 0 amide bonds. The van der Waals surface area contributed by atoms with Gasteiger partial charge in [0.1, 0.15) is 24.1 Å². The van der Waals surface area contributed by atoms with E-state index in [4.69, 9.17) is 9.72 Å². The average molecular weight is 513 g/mol. The first-order chi connectivity index (χ1) is 17.7. The Hall–Kier alpha value is -2.91. The van der Waals surface area contributed by atoms with Gasteiger partial charge in [-0.2, -0.15) is 8.78 Å². The third kappa shape index (κ3) is 4.03. The highest BCUT2D eigenvalue weighted by Crippen LogP contribution is 2.46. The van der Waals surface area contributed by atoms with Crippen LogP contribution in [0.15, 0.2) is 24.3 Å². The van der Waals surface area contributed by atoms with Crippen molar-refractivity contribution in [1.29, 1.82) is 0 Å². The van der Waals surface area contributed by atoms with Crippen molar-refractivity contribution < 1.29 is 22.6 Å². The van der Waals surface area contributed by atoms with E-state index in [1.807, 2.05) is 6.92 Å². The number of aromatic nitrogens is 2. The number of fused-ring (bicyclic) bond motifs is 3. The number of halogens is 3. The molecule has 6 rings (SSSR count). The molecule has 196 valence electrons. The van der Waals surface area contributed by atoms with Gasteiger partial charge in [-0.05, 0) is 56.4 Å². The molecule has 2 fully saturated rings. The van der Waals surface area contributed by atoms with Gasteiger partial charge in [0.05, 0.1) is 35.8 Å². The van der Waals surface area contributed by atoms with Crippen molar-refractivity contribution in [3.63, 3.8) is 0 Å². The second kappa shape index (κ2) is 8.84. The fraction of sp³-hybridized carbons (Fsp3) is 0.500. The standard InChI is InChI=1S/C28H31F3N4O2/c1-16(18-6-5-9-22(24(18)29)28(30,31)15-36-3)32-26-21-10-23(35-11-27(12-35)13-37-14-27)19-7-4-8-20(19)25(21)33-17(2)34-26/h5-6,9-10,16H,4,7-8,11-15H2,1-3H3,(H,32,33,34). The second-order valence-electron chi connectivity index (χ2n) is 10.8. The summed E-state index contributed by atoms with van der Waals surface area (Å²) in [6, 6.07) is 5.64. The molecule has 0 bridgehead atoms. The molecule has 1 aromatic heterocycles. The minimum atomic E-state index is -3.43. The predicted octanol–water partition coefficient (Wildman–Crippen LogP) is 5.31. The van der Waals surface area contributed by atoms with E-state index in [1.54, 1.807) is 6.92 Å². The summed E-state index contributed by atoms with van der Waals surface area (Å²) in [6.45, 7) is 6.30. The van der Waals surface area contributed by atoms with Crippen molar-refractivity contribution in [2.75, 3.05) is 50.2 Å². The molecule has 9 heteroatoms. The van der Waals surface area contributed by atoms with Crippen LogP contribution < -0.4 is 10.2 Å². The van der Waals surface area contributed by atoms with Gasteiger partial charge in [0.25, 0.3) is 5.92 Å². The first-order valence-electron chi connectivity index (χ1n) is 12.8. The molecule has 1 unspecified atom stereocenters. The van der Waals surface area contributed by atoms with Gasteiger partial charge in [-0.1, -0.05) is 12.1 Å². The molecule has 0 radical (unpaired) electrons. The lowest BCUT2D eigenvalue weighted by Gasteiger charge is -2.56. The number of anilines is 2. The van der Waals surface area contributed by atoms with Crippen molar-refractivity contribution in [2.24, 2.45) is 5.41 Å². The normalized spacial score (nSPS) is 19.0. The van der Waals surface area contributed by atoms with E-state index in [9.17, 15) is 8.78 Å². The number of nitrogens with one attached hydrogen (secondary N) is 1. The summed E-state index contributed by atoms with van der Waals surface area (Å²) in [5.74, 6) is -3.17. The Labute approximate surface area is 214 Å². The summed E-state index contributed by atoms with van der Waals surface area (Å²) in [7, 11) is 1.17. The molecule has 1 spiro atoms. The Balaban J connectivity index is 1.38. The number of aryl methyl sites for hydroxylation is 2. The number of rotatable bonds is 7. The molecule has 2 aliphatic heterocycles. The first kappa shape index (κ1) is 24.4. The molecule has 1 atom stereocenters. The molecule has 0 saturated carbocycles. The highest BCUT2D eigenvalue weighted by Gasteiger charge is 2.49. The van der Waals surface area contributed by atoms with Crippen LogP contribution in [-0.2, 0) is 28.2 Å². The predicted molar refractivity (Wildman–Crippen MR) is 136 cm³/mol. The van der Waals surface area contributed by atoms with Crippen molar-refractivity contribution in [3.05, 3.63) is 58.2 Å². The van der Waals surface area contributed by atoms with Crippen molar-refractivity contribution in [1.82, 2.24) is 9.97 Å². The van der Waals surface area contributed by atoms with Crippen LogP contribution in [-0.4, -0.2) is 50.0 Å². The second-order valence-corrected chi connectivity index (χ2v) is 10.8. The number of methoxy groups -OCH3 is 1. The van der Waals surface area contributed by atoms with Crippen LogP contribution in [0.1, 0.15) is 47.5 Å². The smallest absolute Gasteiger partial charge is 0.298 e. The van der Waals surface area contributed by atoms with Gasteiger partial charge in [-0.25, -0.2) is 14.4 Å². The third-order valence-corrected chi connectivity index (χ3v) is 7.93. The summed E-state index contributed by atoms with van der Waals surface area (Å²) in [6.07, 6.45) is 3.06. The maximum absolute atomic E-state index is 15.3. The van der Waals surface area contributed by atoms with E-state index in [2.05, 4.69) is 26.0 Å². The van der Waals surface area contributed by atoms with Gasteiger partial charge in [-0.3, -0.25) is 0 Å². The summed E-state index contributed by atoms with van der Waals surface area (Å²) < 4.78 is 54.4. The van der Waals surface area contributed by atoms with Gasteiger partial charge in [0, 0.05) is 36.8 Å².